The van der Waals surface area contributed by atoms with Gasteiger partial charge in [-0.15, -0.1) is 0 Å². The molecule has 0 N–H and O–H groups in total. The summed E-state index contributed by atoms with van der Waals surface area (Å²) in [6.07, 6.45) is 10.9. The highest BCUT2D eigenvalue weighted by Crippen LogP contribution is 2.65. The van der Waals surface area contributed by atoms with Crippen LogP contribution in [0.2, 0.25) is 0 Å². The molecule has 0 atom stereocenters. The number of allylic oxidation sites excluding steroid dienone is 1. The maximum absolute atomic E-state index is 4.24. The van der Waals surface area contributed by atoms with Crippen LogP contribution in [0.5, 0.6) is 0 Å². The molecule has 0 radical (unpaired) electrons. The van der Waals surface area contributed by atoms with Crippen molar-refractivity contribution in [2.45, 2.75) is 18.3 Å². The first kappa shape index (κ1) is 26.5. The average molecular weight is 597 g/mol. The highest BCUT2D eigenvalue weighted by Gasteiger charge is 2.53. The Balaban J connectivity index is 1.31. The molecular formula is C47H32. The van der Waals surface area contributed by atoms with Gasteiger partial charge >= 0.3 is 0 Å². The van der Waals surface area contributed by atoms with Crippen LogP contribution in [0.15, 0.2) is 141 Å². The van der Waals surface area contributed by atoms with Gasteiger partial charge in [-0.2, -0.15) is 0 Å². The molecule has 0 nitrogen and oxygen atoms in total. The zero-order valence-electron chi connectivity index (χ0n) is 26.2. The van der Waals surface area contributed by atoms with Crippen molar-refractivity contribution in [1.82, 2.24) is 0 Å². The maximum atomic E-state index is 4.24. The summed E-state index contributed by atoms with van der Waals surface area (Å²) < 4.78 is 0. The van der Waals surface area contributed by atoms with E-state index in [1.165, 1.54) is 88.3 Å². The minimum Gasteiger partial charge on any atom is -0.0984 e. The van der Waals surface area contributed by atoms with Gasteiger partial charge in [0.25, 0.3) is 0 Å². The summed E-state index contributed by atoms with van der Waals surface area (Å²) in [5, 5.41) is 4.98. The van der Waals surface area contributed by atoms with Crippen LogP contribution in [0.25, 0.3) is 73.2 Å². The lowest BCUT2D eigenvalue weighted by molar-refractivity contribution is 0.793. The van der Waals surface area contributed by atoms with Crippen molar-refractivity contribution in [1.29, 1.82) is 0 Å². The summed E-state index contributed by atoms with van der Waals surface area (Å²) in [5.74, 6) is 0. The van der Waals surface area contributed by atoms with Crippen molar-refractivity contribution >= 4 is 39.8 Å². The molecule has 0 heteroatoms. The Labute approximate surface area is 275 Å². The van der Waals surface area contributed by atoms with E-state index in [2.05, 4.69) is 147 Å². The van der Waals surface area contributed by atoms with Gasteiger partial charge in [0.05, 0.1) is 5.41 Å². The van der Waals surface area contributed by atoms with Gasteiger partial charge in [0, 0.05) is 0 Å². The molecule has 0 aromatic heterocycles. The van der Waals surface area contributed by atoms with Crippen LogP contribution < -0.4 is 0 Å². The summed E-state index contributed by atoms with van der Waals surface area (Å²) in [6, 6.07) is 45.8. The van der Waals surface area contributed by atoms with Crippen LogP contribution in [-0.4, -0.2) is 0 Å². The molecule has 7 aromatic rings. The van der Waals surface area contributed by atoms with Crippen LogP contribution in [-0.2, 0) is 11.8 Å². The Kier molecular flexibility index (Phi) is 5.44. The van der Waals surface area contributed by atoms with Crippen molar-refractivity contribution in [3.05, 3.63) is 185 Å². The lowest BCUT2D eigenvalue weighted by Gasteiger charge is -2.33. The van der Waals surface area contributed by atoms with Crippen molar-refractivity contribution in [3.8, 4) is 33.4 Å². The summed E-state index contributed by atoms with van der Waals surface area (Å²) in [7, 11) is 0. The Hall–Kier alpha value is -5.72. The van der Waals surface area contributed by atoms with E-state index in [9.17, 15) is 0 Å². The highest BCUT2D eigenvalue weighted by atomic mass is 14.5. The number of rotatable bonds is 3. The number of benzene rings is 7. The molecule has 3 aliphatic rings. The van der Waals surface area contributed by atoms with Crippen LogP contribution in [0.1, 0.15) is 50.9 Å². The second kappa shape index (κ2) is 9.64. The SMILES string of the molecule is C=Cc1c(-c2ccc3c4c(ccc3c2)-c2ccc3c(c2C42c4ccccc4-c4ccccc42)C=CCC3)cc2ccccc2c1C=C. The van der Waals surface area contributed by atoms with E-state index in [-0.39, 0.29) is 0 Å². The van der Waals surface area contributed by atoms with Gasteiger partial charge in [-0.05, 0) is 124 Å². The molecule has 220 valence electrons. The first-order valence-electron chi connectivity index (χ1n) is 16.6. The Bertz CT molecular complexity index is 2510. The van der Waals surface area contributed by atoms with Crippen molar-refractivity contribution in [3.63, 3.8) is 0 Å². The third kappa shape index (κ3) is 3.32. The molecule has 0 heterocycles. The van der Waals surface area contributed by atoms with Crippen LogP contribution >= 0.6 is 0 Å². The zero-order valence-corrected chi connectivity index (χ0v) is 26.2. The number of aryl methyl sites for hydroxylation is 1. The summed E-state index contributed by atoms with van der Waals surface area (Å²) >= 11 is 0. The summed E-state index contributed by atoms with van der Waals surface area (Å²) in [5.41, 5.74) is 18.2. The van der Waals surface area contributed by atoms with E-state index in [4.69, 9.17) is 0 Å². The molecule has 0 unspecified atom stereocenters. The first-order valence-corrected chi connectivity index (χ1v) is 16.6. The summed E-state index contributed by atoms with van der Waals surface area (Å²) in [4.78, 5) is 0. The second-order valence-electron chi connectivity index (χ2n) is 13.1. The molecule has 0 fully saturated rings. The van der Waals surface area contributed by atoms with Gasteiger partial charge in [0.15, 0.2) is 0 Å². The molecular weight excluding hydrogens is 565 g/mol. The van der Waals surface area contributed by atoms with E-state index in [0.29, 0.717) is 0 Å². The quantitative estimate of drug-likeness (QED) is 0.190. The number of hydrogen-bond acceptors (Lipinski definition) is 0. The minimum atomic E-state index is -0.392. The molecule has 0 saturated heterocycles. The average Bonchev–Trinajstić information content (AvgIpc) is 3.61. The fourth-order valence-electron chi connectivity index (χ4n) is 9.23. The monoisotopic (exact) mass is 596 g/mol. The van der Waals surface area contributed by atoms with Crippen LogP contribution in [0.4, 0.5) is 0 Å². The predicted octanol–water partition coefficient (Wildman–Crippen LogP) is 12.2. The third-order valence-electron chi connectivity index (χ3n) is 11.1. The van der Waals surface area contributed by atoms with Gasteiger partial charge in [-0.25, -0.2) is 0 Å². The topological polar surface area (TPSA) is 0 Å². The molecule has 1 spiro atoms. The summed E-state index contributed by atoms with van der Waals surface area (Å²) in [6.45, 7) is 8.43. The molecule has 7 aromatic carbocycles. The molecule has 0 aliphatic heterocycles. The number of fused-ring (bicyclic) bond motifs is 15. The maximum Gasteiger partial charge on any atom is 0.0737 e. The zero-order chi connectivity index (χ0) is 31.3. The van der Waals surface area contributed by atoms with Crippen molar-refractivity contribution in [2.75, 3.05) is 0 Å². The lowest BCUT2D eigenvalue weighted by atomic mass is 9.67. The molecule has 0 amide bonds. The molecule has 0 saturated carbocycles. The van der Waals surface area contributed by atoms with Gasteiger partial charge in [0.1, 0.15) is 0 Å². The predicted molar refractivity (Wildman–Crippen MR) is 201 cm³/mol. The van der Waals surface area contributed by atoms with Crippen LogP contribution in [0, 0.1) is 0 Å². The van der Waals surface area contributed by atoms with Gasteiger partial charge in [-0.1, -0.05) is 147 Å². The normalized spacial score (nSPS) is 14.5. The van der Waals surface area contributed by atoms with E-state index in [0.717, 1.165) is 24.0 Å². The molecule has 3 aliphatic carbocycles. The number of hydrogen-bond donors (Lipinski definition) is 0. The van der Waals surface area contributed by atoms with Crippen LogP contribution in [0.3, 0.4) is 0 Å². The largest absolute Gasteiger partial charge is 0.0984 e. The second-order valence-corrected chi connectivity index (χ2v) is 13.1. The highest BCUT2D eigenvalue weighted by molar-refractivity contribution is 6.07. The van der Waals surface area contributed by atoms with Gasteiger partial charge in [-0.3, -0.25) is 0 Å². The molecule has 10 rings (SSSR count). The van der Waals surface area contributed by atoms with E-state index in [1.807, 2.05) is 12.2 Å². The fraction of sp³-hybridized carbons (Fsp3) is 0.0638. The van der Waals surface area contributed by atoms with Gasteiger partial charge in [0.2, 0.25) is 0 Å². The minimum absolute atomic E-state index is 0.392. The third-order valence-corrected chi connectivity index (χ3v) is 11.1. The van der Waals surface area contributed by atoms with E-state index < -0.39 is 5.41 Å². The standard InChI is InChI=1S/C47H32/c1-3-33-34(4-2)42(28-30-14-6-7-15-35(30)33)32-22-24-37-31(27-32)23-26-41-40-25-21-29-13-5-8-16-36(29)45(40)47(46(37)41)43-19-11-9-17-38(43)39-18-10-12-20-44(39)47/h3-4,6-12,14-28H,1-2,5,13H2. The molecule has 47 heavy (non-hydrogen) atoms. The van der Waals surface area contributed by atoms with E-state index in [1.54, 1.807) is 0 Å². The molecule has 0 bridgehead atoms. The smallest absolute Gasteiger partial charge is 0.0737 e. The van der Waals surface area contributed by atoms with Crippen molar-refractivity contribution < 1.29 is 0 Å². The van der Waals surface area contributed by atoms with Crippen molar-refractivity contribution in [2.24, 2.45) is 0 Å². The Morgan fingerprint density at radius 3 is 2.00 bits per heavy atom. The van der Waals surface area contributed by atoms with E-state index >= 15 is 0 Å². The van der Waals surface area contributed by atoms with Gasteiger partial charge < -0.3 is 0 Å². The fourth-order valence-corrected chi connectivity index (χ4v) is 9.23. The lowest BCUT2D eigenvalue weighted by Crippen LogP contribution is -2.27. The Morgan fingerprint density at radius 1 is 0.532 bits per heavy atom. The Morgan fingerprint density at radius 2 is 1.21 bits per heavy atom. The first-order chi connectivity index (χ1) is 23.2.